The Balaban J connectivity index is 2.11. The third-order valence-electron chi connectivity index (χ3n) is 3.73. The third-order valence-corrected chi connectivity index (χ3v) is 3.73. The number of pyridine rings is 1. The fraction of sp³-hybridized carbons (Fsp3) is 0.538. The van der Waals surface area contributed by atoms with Crippen LogP contribution in [0.3, 0.4) is 0 Å². The minimum Gasteiger partial charge on any atom is -0.481 e. The number of hydrogen-bond donors (Lipinski definition) is 1. The molecule has 0 saturated carbocycles. The lowest BCUT2D eigenvalue weighted by atomic mass is 9.88. The number of aromatic nitrogens is 1. The summed E-state index contributed by atoms with van der Waals surface area (Å²) in [5.41, 5.74) is 0.690. The van der Waals surface area contributed by atoms with Crippen LogP contribution >= 0.6 is 0 Å². The van der Waals surface area contributed by atoms with E-state index in [4.69, 9.17) is 0 Å². The maximum absolute atomic E-state index is 11.2. The Bertz CT molecular complexity index is 403. The molecule has 1 N–H and O–H groups in total. The number of hydrogen-bond acceptors (Lipinski definition) is 3. The van der Waals surface area contributed by atoms with Gasteiger partial charge in [-0.2, -0.15) is 0 Å². The number of nitrogens with zero attached hydrogens (tertiary/aromatic N) is 2. The summed E-state index contributed by atoms with van der Waals surface area (Å²) >= 11 is 0. The monoisotopic (exact) mass is 234 g/mol. The summed E-state index contributed by atoms with van der Waals surface area (Å²) in [5.74, 6) is -0.982. The molecule has 2 heterocycles. The second-order valence-electron chi connectivity index (χ2n) is 5.08. The van der Waals surface area contributed by atoms with Gasteiger partial charge in [0.2, 0.25) is 0 Å². The molecule has 1 aliphatic rings. The van der Waals surface area contributed by atoms with Crippen molar-refractivity contribution in [2.24, 2.45) is 5.92 Å². The van der Waals surface area contributed by atoms with E-state index in [1.54, 1.807) is 6.20 Å². The topological polar surface area (TPSA) is 53.4 Å². The lowest BCUT2D eigenvalue weighted by Crippen LogP contribution is -2.44. The molecule has 1 fully saturated rings. The van der Waals surface area contributed by atoms with Gasteiger partial charge >= 0.3 is 5.97 Å². The first-order valence-electron chi connectivity index (χ1n) is 5.89. The van der Waals surface area contributed by atoms with Crippen LogP contribution in [-0.2, 0) is 11.3 Å². The molecular weight excluding hydrogens is 216 g/mol. The molecule has 1 aromatic heterocycles. The number of carbonyl (C=O) groups is 1. The zero-order valence-electron chi connectivity index (χ0n) is 10.3. The predicted molar refractivity (Wildman–Crippen MR) is 64.5 cm³/mol. The molecule has 0 aliphatic carbocycles. The number of rotatable bonds is 3. The lowest BCUT2D eigenvalue weighted by Gasteiger charge is -2.34. The average molecular weight is 234 g/mol. The van der Waals surface area contributed by atoms with Crippen molar-refractivity contribution in [1.82, 2.24) is 9.88 Å². The van der Waals surface area contributed by atoms with Crippen molar-refractivity contribution in [2.45, 2.75) is 32.4 Å². The van der Waals surface area contributed by atoms with Crippen LogP contribution in [0.2, 0.25) is 0 Å². The Kier molecular flexibility index (Phi) is 3.15. The Morgan fingerprint density at radius 2 is 2.35 bits per heavy atom. The zero-order valence-corrected chi connectivity index (χ0v) is 10.3. The zero-order chi connectivity index (χ0) is 12.5. The average Bonchev–Trinajstić information content (AvgIpc) is 2.56. The second kappa shape index (κ2) is 4.45. The van der Waals surface area contributed by atoms with E-state index in [2.05, 4.69) is 9.88 Å². The summed E-state index contributed by atoms with van der Waals surface area (Å²) in [4.78, 5) is 17.7. The van der Waals surface area contributed by atoms with E-state index in [-0.39, 0.29) is 11.5 Å². The molecule has 1 saturated heterocycles. The van der Waals surface area contributed by atoms with E-state index in [1.807, 2.05) is 32.0 Å². The molecule has 4 heteroatoms. The van der Waals surface area contributed by atoms with Gasteiger partial charge in [-0.05, 0) is 32.4 Å². The molecule has 17 heavy (non-hydrogen) atoms. The van der Waals surface area contributed by atoms with Gasteiger partial charge < -0.3 is 5.11 Å². The van der Waals surface area contributed by atoms with Gasteiger partial charge in [0.25, 0.3) is 0 Å². The molecule has 0 amide bonds. The largest absolute Gasteiger partial charge is 0.481 e. The molecule has 2 rings (SSSR count). The molecule has 92 valence electrons. The SMILES string of the molecule is CC1(C)C(C(=O)O)CCN1Cc1ccccn1. The van der Waals surface area contributed by atoms with Crippen LogP contribution < -0.4 is 0 Å². The third kappa shape index (κ3) is 2.31. The van der Waals surface area contributed by atoms with Gasteiger partial charge in [0.15, 0.2) is 0 Å². The van der Waals surface area contributed by atoms with Crippen LogP contribution in [0.5, 0.6) is 0 Å². The van der Waals surface area contributed by atoms with E-state index in [1.165, 1.54) is 0 Å². The quantitative estimate of drug-likeness (QED) is 0.866. The minimum atomic E-state index is -0.696. The van der Waals surface area contributed by atoms with Gasteiger partial charge in [-0.25, -0.2) is 0 Å². The summed E-state index contributed by atoms with van der Waals surface area (Å²) in [6.45, 7) is 5.54. The summed E-state index contributed by atoms with van der Waals surface area (Å²) in [7, 11) is 0. The molecule has 4 nitrogen and oxygen atoms in total. The molecule has 1 aliphatic heterocycles. The standard InChI is InChI=1S/C13H18N2O2/c1-13(2)11(12(16)17)6-8-15(13)9-10-5-3-4-7-14-10/h3-5,7,11H,6,8-9H2,1-2H3,(H,16,17). The maximum atomic E-state index is 11.2. The highest BCUT2D eigenvalue weighted by atomic mass is 16.4. The Morgan fingerprint density at radius 3 is 2.88 bits per heavy atom. The fourth-order valence-electron chi connectivity index (χ4n) is 2.54. The summed E-state index contributed by atoms with van der Waals surface area (Å²) in [6.07, 6.45) is 2.49. The second-order valence-corrected chi connectivity index (χ2v) is 5.08. The Labute approximate surface area is 101 Å². The number of carboxylic acids is 1. The minimum absolute atomic E-state index is 0.286. The highest BCUT2D eigenvalue weighted by molar-refractivity contribution is 5.72. The first-order chi connectivity index (χ1) is 8.01. The number of carboxylic acid groups (broad SMARTS) is 1. The van der Waals surface area contributed by atoms with Crippen LogP contribution in [0.15, 0.2) is 24.4 Å². The van der Waals surface area contributed by atoms with Crippen LogP contribution in [0, 0.1) is 5.92 Å². The molecule has 0 aromatic carbocycles. The molecule has 1 atom stereocenters. The van der Waals surface area contributed by atoms with Crippen molar-refractivity contribution >= 4 is 5.97 Å². The Morgan fingerprint density at radius 1 is 1.59 bits per heavy atom. The van der Waals surface area contributed by atoms with Gasteiger partial charge in [-0.1, -0.05) is 6.07 Å². The fourth-order valence-corrected chi connectivity index (χ4v) is 2.54. The van der Waals surface area contributed by atoms with Gasteiger partial charge in [-0.15, -0.1) is 0 Å². The maximum Gasteiger partial charge on any atom is 0.308 e. The van der Waals surface area contributed by atoms with E-state index in [9.17, 15) is 9.90 Å². The smallest absolute Gasteiger partial charge is 0.308 e. The number of likely N-dealkylation sites (tertiary alicyclic amines) is 1. The van der Waals surface area contributed by atoms with Gasteiger partial charge in [0.05, 0.1) is 11.6 Å². The molecular formula is C13H18N2O2. The van der Waals surface area contributed by atoms with Gasteiger partial charge in [0.1, 0.15) is 0 Å². The summed E-state index contributed by atoms with van der Waals surface area (Å²) in [6, 6.07) is 5.82. The molecule has 1 unspecified atom stereocenters. The van der Waals surface area contributed by atoms with Crippen molar-refractivity contribution in [3.8, 4) is 0 Å². The van der Waals surface area contributed by atoms with Gasteiger partial charge in [-0.3, -0.25) is 14.7 Å². The predicted octanol–water partition coefficient (Wildman–Crippen LogP) is 1.77. The Hall–Kier alpha value is -1.42. The lowest BCUT2D eigenvalue weighted by molar-refractivity contribution is -0.144. The van der Waals surface area contributed by atoms with Crippen molar-refractivity contribution in [3.05, 3.63) is 30.1 Å². The van der Waals surface area contributed by atoms with Crippen molar-refractivity contribution in [2.75, 3.05) is 6.54 Å². The van der Waals surface area contributed by atoms with Crippen LogP contribution in [-0.4, -0.2) is 33.0 Å². The molecule has 1 aromatic rings. The highest BCUT2D eigenvalue weighted by Gasteiger charge is 2.45. The van der Waals surface area contributed by atoms with Crippen molar-refractivity contribution in [3.63, 3.8) is 0 Å². The van der Waals surface area contributed by atoms with Crippen LogP contribution in [0.1, 0.15) is 26.0 Å². The number of aliphatic carboxylic acids is 1. The van der Waals surface area contributed by atoms with Crippen molar-refractivity contribution in [1.29, 1.82) is 0 Å². The molecule has 0 bridgehead atoms. The highest BCUT2D eigenvalue weighted by Crippen LogP contribution is 2.35. The molecule has 0 radical (unpaired) electrons. The van der Waals surface area contributed by atoms with E-state index < -0.39 is 5.97 Å². The summed E-state index contributed by atoms with van der Waals surface area (Å²) < 4.78 is 0. The molecule has 0 spiro atoms. The first-order valence-corrected chi connectivity index (χ1v) is 5.89. The van der Waals surface area contributed by atoms with Crippen molar-refractivity contribution < 1.29 is 9.90 Å². The van der Waals surface area contributed by atoms with Gasteiger partial charge in [0, 0.05) is 24.8 Å². The van der Waals surface area contributed by atoms with Crippen LogP contribution in [0.4, 0.5) is 0 Å². The van der Waals surface area contributed by atoms with E-state index >= 15 is 0 Å². The first kappa shape index (κ1) is 12.0. The van der Waals surface area contributed by atoms with Crippen LogP contribution in [0.25, 0.3) is 0 Å². The van der Waals surface area contributed by atoms with E-state index in [0.29, 0.717) is 0 Å². The normalized spacial score (nSPS) is 23.8. The van der Waals surface area contributed by atoms with E-state index in [0.717, 1.165) is 25.2 Å². The summed E-state index contributed by atoms with van der Waals surface area (Å²) in [5, 5.41) is 9.19.